The predicted octanol–water partition coefficient (Wildman–Crippen LogP) is 3.51. The van der Waals surface area contributed by atoms with E-state index in [4.69, 9.17) is 10.5 Å². The lowest BCUT2D eigenvalue weighted by Crippen LogP contribution is -2.30. The molecule has 0 radical (unpaired) electrons. The Morgan fingerprint density at radius 1 is 1.17 bits per heavy atom. The summed E-state index contributed by atoms with van der Waals surface area (Å²) in [6.07, 6.45) is 3.78. The second-order valence-electron chi connectivity index (χ2n) is 5.60. The number of nitrogens with two attached hydrogens (primary N) is 1. The first-order chi connectivity index (χ1) is 8.58. The van der Waals surface area contributed by atoms with Crippen LogP contribution in [0.5, 0.6) is 5.75 Å². The Morgan fingerprint density at radius 3 is 2.61 bits per heavy atom. The summed E-state index contributed by atoms with van der Waals surface area (Å²) in [5, 5.41) is 3.59. The van der Waals surface area contributed by atoms with Crippen molar-refractivity contribution >= 4 is 11.4 Å². The molecule has 1 aromatic rings. The topological polar surface area (TPSA) is 47.3 Å². The van der Waals surface area contributed by atoms with Gasteiger partial charge in [-0.15, -0.1) is 0 Å². The average molecular weight is 248 g/mol. The summed E-state index contributed by atoms with van der Waals surface area (Å²) in [5.74, 6) is 2.45. The SMILES string of the molecule is COc1cc(N)cc(NC2CCC(C)C(C)C2)c1. The third kappa shape index (κ3) is 3.09. The highest BCUT2D eigenvalue weighted by molar-refractivity contribution is 5.59. The fourth-order valence-electron chi connectivity index (χ4n) is 2.74. The lowest BCUT2D eigenvalue weighted by Gasteiger charge is -2.33. The minimum absolute atomic E-state index is 0.558. The van der Waals surface area contributed by atoms with Gasteiger partial charge < -0.3 is 15.8 Å². The Labute approximate surface area is 110 Å². The minimum Gasteiger partial charge on any atom is -0.497 e. The molecular formula is C15H24N2O. The summed E-state index contributed by atoms with van der Waals surface area (Å²) >= 11 is 0. The van der Waals surface area contributed by atoms with Crippen LogP contribution >= 0.6 is 0 Å². The second-order valence-corrected chi connectivity index (χ2v) is 5.60. The maximum atomic E-state index is 5.87. The van der Waals surface area contributed by atoms with Crippen molar-refractivity contribution in [2.45, 2.75) is 39.2 Å². The fourth-order valence-corrected chi connectivity index (χ4v) is 2.74. The van der Waals surface area contributed by atoms with Crippen LogP contribution < -0.4 is 15.8 Å². The van der Waals surface area contributed by atoms with Crippen molar-refractivity contribution in [2.75, 3.05) is 18.2 Å². The fraction of sp³-hybridized carbons (Fsp3) is 0.600. The zero-order valence-corrected chi connectivity index (χ0v) is 11.6. The molecule has 3 N–H and O–H groups in total. The molecule has 0 aliphatic heterocycles. The Kier molecular flexibility index (Phi) is 4.00. The summed E-state index contributed by atoms with van der Waals surface area (Å²) in [6.45, 7) is 4.70. The maximum Gasteiger partial charge on any atom is 0.122 e. The van der Waals surface area contributed by atoms with Gasteiger partial charge in [0.05, 0.1) is 7.11 Å². The number of anilines is 2. The number of rotatable bonds is 3. The first-order valence-electron chi connectivity index (χ1n) is 6.79. The van der Waals surface area contributed by atoms with Crippen LogP contribution in [0.3, 0.4) is 0 Å². The van der Waals surface area contributed by atoms with Gasteiger partial charge in [0.1, 0.15) is 5.75 Å². The molecule has 18 heavy (non-hydrogen) atoms. The van der Waals surface area contributed by atoms with Crippen LogP contribution in [0.2, 0.25) is 0 Å². The lowest BCUT2D eigenvalue weighted by atomic mass is 9.79. The first-order valence-corrected chi connectivity index (χ1v) is 6.79. The largest absolute Gasteiger partial charge is 0.497 e. The zero-order valence-electron chi connectivity index (χ0n) is 11.6. The highest BCUT2D eigenvalue weighted by Gasteiger charge is 2.24. The maximum absolute atomic E-state index is 5.87. The van der Waals surface area contributed by atoms with E-state index >= 15 is 0 Å². The third-order valence-electron chi connectivity index (χ3n) is 4.13. The number of hydrogen-bond donors (Lipinski definition) is 2. The van der Waals surface area contributed by atoms with Gasteiger partial charge in [0.2, 0.25) is 0 Å². The monoisotopic (exact) mass is 248 g/mol. The van der Waals surface area contributed by atoms with Gasteiger partial charge in [0.15, 0.2) is 0 Å². The van der Waals surface area contributed by atoms with E-state index in [1.807, 2.05) is 18.2 Å². The number of benzene rings is 1. The van der Waals surface area contributed by atoms with Crippen LogP contribution in [0.25, 0.3) is 0 Å². The molecule has 1 aromatic carbocycles. The average Bonchev–Trinajstić information content (AvgIpc) is 2.33. The molecule has 3 nitrogen and oxygen atoms in total. The van der Waals surface area contributed by atoms with Gasteiger partial charge in [-0.2, -0.15) is 0 Å². The van der Waals surface area contributed by atoms with Crippen molar-refractivity contribution in [3.8, 4) is 5.75 Å². The standard InChI is InChI=1S/C15H24N2O/c1-10-4-5-13(6-11(10)2)17-14-7-12(16)8-15(9-14)18-3/h7-11,13,17H,4-6,16H2,1-3H3. The van der Waals surface area contributed by atoms with Crippen molar-refractivity contribution in [1.29, 1.82) is 0 Å². The quantitative estimate of drug-likeness (QED) is 0.805. The number of hydrogen-bond acceptors (Lipinski definition) is 3. The van der Waals surface area contributed by atoms with Gasteiger partial charge >= 0.3 is 0 Å². The molecule has 100 valence electrons. The van der Waals surface area contributed by atoms with Crippen molar-refractivity contribution in [1.82, 2.24) is 0 Å². The van der Waals surface area contributed by atoms with Gasteiger partial charge in [0, 0.05) is 29.5 Å². The van der Waals surface area contributed by atoms with E-state index in [1.165, 1.54) is 19.3 Å². The Hall–Kier alpha value is -1.38. The summed E-state index contributed by atoms with van der Waals surface area (Å²) in [4.78, 5) is 0. The van der Waals surface area contributed by atoms with Crippen LogP contribution in [0, 0.1) is 11.8 Å². The summed E-state index contributed by atoms with van der Waals surface area (Å²) in [7, 11) is 1.67. The Morgan fingerprint density at radius 2 is 1.94 bits per heavy atom. The second kappa shape index (κ2) is 5.51. The third-order valence-corrected chi connectivity index (χ3v) is 4.13. The van der Waals surface area contributed by atoms with Gasteiger partial charge in [-0.3, -0.25) is 0 Å². The van der Waals surface area contributed by atoms with E-state index in [0.717, 1.165) is 29.0 Å². The molecule has 0 aromatic heterocycles. The zero-order chi connectivity index (χ0) is 13.1. The molecule has 2 rings (SSSR count). The highest BCUT2D eigenvalue weighted by atomic mass is 16.5. The number of nitrogen functional groups attached to an aromatic ring is 1. The normalized spacial score (nSPS) is 27.8. The van der Waals surface area contributed by atoms with E-state index in [1.54, 1.807) is 7.11 Å². The molecule has 0 amide bonds. The molecule has 1 aliphatic carbocycles. The van der Waals surface area contributed by atoms with Crippen LogP contribution in [0.15, 0.2) is 18.2 Å². The van der Waals surface area contributed by atoms with Crippen LogP contribution in [-0.4, -0.2) is 13.2 Å². The molecule has 3 heteroatoms. The smallest absolute Gasteiger partial charge is 0.122 e. The van der Waals surface area contributed by atoms with Crippen molar-refractivity contribution in [3.05, 3.63) is 18.2 Å². The first kappa shape index (κ1) is 13.1. The van der Waals surface area contributed by atoms with Crippen molar-refractivity contribution < 1.29 is 4.74 Å². The van der Waals surface area contributed by atoms with E-state index < -0.39 is 0 Å². The molecule has 1 saturated carbocycles. The molecule has 3 unspecified atom stereocenters. The molecule has 3 atom stereocenters. The Bertz CT molecular complexity index is 405. The van der Waals surface area contributed by atoms with Crippen molar-refractivity contribution in [2.24, 2.45) is 11.8 Å². The predicted molar refractivity (Wildman–Crippen MR) is 77.0 cm³/mol. The van der Waals surface area contributed by atoms with E-state index in [9.17, 15) is 0 Å². The molecular weight excluding hydrogens is 224 g/mol. The molecule has 0 saturated heterocycles. The van der Waals surface area contributed by atoms with E-state index in [0.29, 0.717) is 6.04 Å². The van der Waals surface area contributed by atoms with E-state index in [2.05, 4.69) is 19.2 Å². The van der Waals surface area contributed by atoms with Gasteiger partial charge in [-0.05, 0) is 37.2 Å². The van der Waals surface area contributed by atoms with Gasteiger partial charge in [-0.25, -0.2) is 0 Å². The molecule has 0 bridgehead atoms. The minimum atomic E-state index is 0.558. The van der Waals surface area contributed by atoms with E-state index in [-0.39, 0.29) is 0 Å². The van der Waals surface area contributed by atoms with Crippen LogP contribution in [0.4, 0.5) is 11.4 Å². The van der Waals surface area contributed by atoms with Gasteiger partial charge in [-0.1, -0.05) is 13.8 Å². The summed E-state index contributed by atoms with van der Waals surface area (Å²) < 4.78 is 5.24. The molecule has 1 fully saturated rings. The van der Waals surface area contributed by atoms with Crippen LogP contribution in [-0.2, 0) is 0 Å². The summed E-state index contributed by atoms with van der Waals surface area (Å²) in [5.41, 5.74) is 7.68. The number of ether oxygens (including phenoxy) is 1. The van der Waals surface area contributed by atoms with Crippen molar-refractivity contribution in [3.63, 3.8) is 0 Å². The highest BCUT2D eigenvalue weighted by Crippen LogP contribution is 2.32. The van der Waals surface area contributed by atoms with Gasteiger partial charge in [0.25, 0.3) is 0 Å². The molecule has 0 heterocycles. The molecule has 1 aliphatic rings. The number of nitrogens with one attached hydrogen (secondary N) is 1. The lowest BCUT2D eigenvalue weighted by molar-refractivity contribution is 0.261. The Balaban J connectivity index is 2.03. The summed E-state index contributed by atoms with van der Waals surface area (Å²) in [6, 6.07) is 6.39. The van der Waals surface area contributed by atoms with Crippen LogP contribution in [0.1, 0.15) is 33.1 Å². The molecule has 0 spiro atoms. The number of methoxy groups -OCH3 is 1.